The maximum absolute atomic E-state index is 11.0. The highest BCUT2D eigenvalue weighted by Crippen LogP contribution is 2.28. The van der Waals surface area contributed by atoms with Gasteiger partial charge in [-0.25, -0.2) is 0 Å². The van der Waals surface area contributed by atoms with Gasteiger partial charge in [0.05, 0.1) is 6.54 Å². The Morgan fingerprint density at radius 1 is 1.37 bits per heavy atom. The van der Waals surface area contributed by atoms with E-state index in [1.165, 1.54) is 4.88 Å². The molecule has 0 bridgehead atoms. The molecule has 0 unspecified atom stereocenters. The first-order chi connectivity index (χ1) is 9.06. The lowest BCUT2D eigenvalue weighted by molar-refractivity contribution is -0.135. The third kappa shape index (κ3) is 3.81. The predicted molar refractivity (Wildman–Crippen MR) is 81.9 cm³/mol. The van der Waals surface area contributed by atoms with E-state index in [1.807, 2.05) is 42.2 Å². The fraction of sp³-hybridized carbons (Fsp3) is 0.214. The predicted octanol–water partition coefficient (Wildman–Crippen LogP) is 3.91. The van der Waals surface area contributed by atoms with Gasteiger partial charge in [0.25, 0.3) is 0 Å². The fourth-order valence-electron chi connectivity index (χ4n) is 1.82. The van der Waals surface area contributed by atoms with Crippen LogP contribution >= 0.6 is 27.3 Å². The van der Waals surface area contributed by atoms with Crippen LogP contribution in [0.15, 0.2) is 40.9 Å². The second-order valence-corrected chi connectivity index (χ2v) is 6.40. The molecule has 2 aromatic rings. The van der Waals surface area contributed by atoms with Crippen LogP contribution in [-0.4, -0.2) is 17.6 Å². The van der Waals surface area contributed by atoms with Crippen molar-refractivity contribution in [2.24, 2.45) is 0 Å². The molecule has 0 aliphatic heterocycles. The van der Waals surface area contributed by atoms with E-state index in [1.54, 1.807) is 11.3 Å². The monoisotopic (exact) mass is 339 g/mol. The lowest BCUT2D eigenvalue weighted by atomic mass is 10.2. The molecule has 1 aromatic carbocycles. The molecule has 1 N–H and O–H groups in total. The summed E-state index contributed by atoms with van der Waals surface area (Å²) in [5.41, 5.74) is 0.923. The third-order valence-corrected chi connectivity index (χ3v) is 4.82. The largest absolute Gasteiger partial charge is 0.480 e. The van der Waals surface area contributed by atoms with Crippen molar-refractivity contribution in [3.8, 4) is 0 Å². The molecule has 0 atom stereocenters. The number of nitrogens with zero attached hydrogens (tertiary/aromatic N) is 1. The van der Waals surface area contributed by atoms with Crippen molar-refractivity contribution in [3.05, 3.63) is 50.6 Å². The van der Waals surface area contributed by atoms with E-state index in [0.29, 0.717) is 6.54 Å². The van der Waals surface area contributed by atoms with Crippen LogP contribution in [0.5, 0.6) is 0 Å². The van der Waals surface area contributed by atoms with Gasteiger partial charge in [-0.2, -0.15) is 0 Å². The highest BCUT2D eigenvalue weighted by molar-refractivity contribution is 9.10. The van der Waals surface area contributed by atoms with Gasteiger partial charge in [0.15, 0.2) is 0 Å². The molecule has 100 valence electrons. The molecule has 0 aliphatic carbocycles. The van der Waals surface area contributed by atoms with Gasteiger partial charge in [-0.3, -0.25) is 4.79 Å². The van der Waals surface area contributed by atoms with Crippen LogP contribution in [0.1, 0.15) is 9.75 Å². The van der Waals surface area contributed by atoms with Gasteiger partial charge < -0.3 is 10.0 Å². The minimum Gasteiger partial charge on any atom is -0.480 e. The van der Waals surface area contributed by atoms with Crippen LogP contribution in [0.25, 0.3) is 0 Å². The summed E-state index contributed by atoms with van der Waals surface area (Å²) in [6.07, 6.45) is 0. The van der Waals surface area contributed by atoms with Crippen molar-refractivity contribution in [1.82, 2.24) is 0 Å². The lowest BCUT2D eigenvalue weighted by Gasteiger charge is -2.22. The maximum Gasteiger partial charge on any atom is 0.323 e. The van der Waals surface area contributed by atoms with E-state index in [9.17, 15) is 4.79 Å². The van der Waals surface area contributed by atoms with Gasteiger partial charge in [0, 0.05) is 19.9 Å². The molecule has 0 spiro atoms. The molecular weight excluding hydrogens is 326 g/mol. The summed E-state index contributed by atoms with van der Waals surface area (Å²) >= 11 is 5.17. The average Bonchev–Trinajstić information content (AvgIpc) is 2.68. The quantitative estimate of drug-likeness (QED) is 0.897. The molecule has 5 heteroatoms. The summed E-state index contributed by atoms with van der Waals surface area (Å²) in [6.45, 7) is 2.65. The van der Waals surface area contributed by atoms with E-state index in [-0.39, 0.29) is 6.54 Å². The van der Waals surface area contributed by atoms with Crippen molar-refractivity contribution in [2.75, 3.05) is 11.4 Å². The molecule has 3 nitrogen and oxygen atoms in total. The van der Waals surface area contributed by atoms with Crippen molar-refractivity contribution in [3.63, 3.8) is 0 Å². The molecule has 19 heavy (non-hydrogen) atoms. The Morgan fingerprint density at radius 2 is 2.05 bits per heavy atom. The number of hydrogen-bond donors (Lipinski definition) is 1. The summed E-state index contributed by atoms with van der Waals surface area (Å²) in [5.74, 6) is -0.823. The fourth-order valence-corrected chi connectivity index (χ4v) is 3.44. The van der Waals surface area contributed by atoms with E-state index in [4.69, 9.17) is 5.11 Å². The van der Waals surface area contributed by atoms with Gasteiger partial charge in [-0.05, 0) is 41.1 Å². The number of halogens is 1. The zero-order chi connectivity index (χ0) is 13.8. The first-order valence-electron chi connectivity index (χ1n) is 5.83. The second kappa shape index (κ2) is 6.21. The number of anilines is 1. The smallest absolute Gasteiger partial charge is 0.323 e. The summed E-state index contributed by atoms with van der Waals surface area (Å²) in [6, 6.07) is 11.7. The molecule has 0 saturated heterocycles. The normalized spacial score (nSPS) is 10.4. The molecule has 0 amide bonds. The van der Waals surface area contributed by atoms with Crippen LogP contribution in [0, 0.1) is 6.92 Å². The van der Waals surface area contributed by atoms with Crippen LogP contribution < -0.4 is 4.90 Å². The SMILES string of the molecule is Cc1sc(CN(CC(=O)O)c2ccccc2)cc1Br. The summed E-state index contributed by atoms with van der Waals surface area (Å²) in [7, 11) is 0. The summed E-state index contributed by atoms with van der Waals surface area (Å²) in [5, 5.41) is 9.04. The van der Waals surface area contributed by atoms with E-state index in [2.05, 4.69) is 22.0 Å². The standard InChI is InChI=1S/C14H14BrNO2S/c1-10-13(15)7-12(19-10)8-16(9-14(17)18)11-5-3-2-4-6-11/h2-7H,8-9H2,1H3,(H,17,18). The van der Waals surface area contributed by atoms with Gasteiger partial charge >= 0.3 is 5.97 Å². The van der Waals surface area contributed by atoms with Crippen molar-refractivity contribution in [2.45, 2.75) is 13.5 Å². The number of aliphatic carboxylic acids is 1. The molecule has 1 aromatic heterocycles. The van der Waals surface area contributed by atoms with E-state index in [0.717, 1.165) is 15.0 Å². The zero-order valence-corrected chi connectivity index (χ0v) is 12.9. The minimum absolute atomic E-state index is 0.00141. The Balaban J connectivity index is 2.21. The van der Waals surface area contributed by atoms with Gasteiger partial charge in [0.1, 0.15) is 6.54 Å². The number of carboxylic acid groups (broad SMARTS) is 1. The van der Waals surface area contributed by atoms with Crippen molar-refractivity contribution < 1.29 is 9.90 Å². The molecule has 0 fully saturated rings. The molecule has 1 heterocycles. The number of thiophene rings is 1. The van der Waals surface area contributed by atoms with Crippen LogP contribution in [0.3, 0.4) is 0 Å². The Labute approximate surface area is 124 Å². The Kier molecular flexibility index (Phi) is 4.61. The van der Waals surface area contributed by atoms with Gasteiger partial charge in [0.2, 0.25) is 0 Å². The topological polar surface area (TPSA) is 40.5 Å². The highest BCUT2D eigenvalue weighted by Gasteiger charge is 2.13. The summed E-state index contributed by atoms with van der Waals surface area (Å²) < 4.78 is 1.08. The van der Waals surface area contributed by atoms with Gasteiger partial charge in [-0.15, -0.1) is 11.3 Å². The number of para-hydroxylation sites is 1. The molecule has 2 rings (SSSR count). The Bertz CT molecular complexity index is 549. The van der Waals surface area contributed by atoms with Crippen molar-refractivity contribution in [1.29, 1.82) is 0 Å². The van der Waals surface area contributed by atoms with Gasteiger partial charge in [-0.1, -0.05) is 18.2 Å². The number of aryl methyl sites for hydroxylation is 1. The Hall–Kier alpha value is -1.33. The second-order valence-electron chi connectivity index (χ2n) is 4.20. The number of carbonyl (C=O) groups is 1. The Morgan fingerprint density at radius 3 is 2.58 bits per heavy atom. The zero-order valence-electron chi connectivity index (χ0n) is 10.5. The first kappa shape index (κ1) is 14.1. The number of hydrogen-bond acceptors (Lipinski definition) is 3. The van der Waals surface area contributed by atoms with Crippen LogP contribution in [0.2, 0.25) is 0 Å². The summed E-state index contributed by atoms with van der Waals surface area (Å²) in [4.78, 5) is 15.2. The molecule has 0 saturated carbocycles. The highest BCUT2D eigenvalue weighted by atomic mass is 79.9. The number of benzene rings is 1. The number of rotatable bonds is 5. The van der Waals surface area contributed by atoms with Crippen molar-refractivity contribution >= 4 is 38.9 Å². The minimum atomic E-state index is -0.823. The first-order valence-corrected chi connectivity index (χ1v) is 7.44. The molecule has 0 radical (unpaired) electrons. The average molecular weight is 340 g/mol. The van der Waals surface area contributed by atoms with Crippen LogP contribution in [0.4, 0.5) is 5.69 Å². The molecular formula is C14H14BrNO2S. The van der Waals surface area contributed by atoms with E-state index < -0.39 is 5.97 Å². The van der Waals surface area contributed by atoms with E-state index >= 15 is 0 Å². The third-order valence-electron chi connectivity index (χ3n) is 2.70. The lowest BCUT2D eigenvalue weighted by Crippen LogP contribution is -2.28. The van der Waals surface area contributed by atoms with Crippen LogP contribution in [-0.2, 0) is 11.3 Å². The molecule has 0 aliphatic rings. The maximum atomic E-state index is 11.0. The number of carboxylic acids is 1.